The summed E-state index contributed by atoms with van der Waals surface area (Å²) in [6, 6.07) is 0. The number of hydrogen-bond acceptors (Lipinski definition) is 3. The number of hydrogen-bond donors (Lipinski definition) is 0. The first-order chi connectivity index (χ1) is 12.0. The van der Waals surface area contributed by atoms with E-state index < -0.39 is 14.3 Å². The van der Waals surface area contributed by atoms with Crippen LogP contribution < -0.4 is 0 Å². The molecule has 0 aromatic heterocycles. The average molecular weight is 379 g/mol. The van der Waals surface area contributed by atoms with Crippen molar-refractivity contribution < 1.29 is 18.7 Å². The van der Waals surface area contributed by atoms with Crippen molar-refractivity contribution in [1.82, 2.24) is 0 Å². The van der Waals surface area contributed by atoms with Crippen LogP contribution in [0.1, 0.15) is 52.9 Å². The molecule has 4 atom stereocenters. The van der Waals surface area contributed by atoms with Gasteiger partial charge in [-0.2, -0.15) is 4.79 Å². The zero-order valence-electron chi connectivity index (χ0n) is 17.2. The Bertz CT molecular complexity index is 617. The molecular formula is C20H34N2O3Si. The summed E-state index contributed by atoms with van der Waals surface area (Å²) in [6.45, 7) is 15.7. The number of fused-ring (bicyclic) bond motifs is 1. The molecule has 2 aliphatic carbocycles. The van der Waals surface area contributed by atoms with Crippen molar-refractivity contribution in [3.63, 3.8) is 0 Å². The third kappa shape index (κ3) is 4.19. The molecule has 0 radical (unpaired) electrons. The maximum Gasteiger partial charge on any atom is 0.416 e. The van der Waals surface area contributed by atoms with Crippen LogP contribution in [0.2, 0.25) is 18.1 Å². The molecule has 26 heavy (non-hydrogen) atoms. The standard InChI is InChI=1S/C20H34N2O3Si/c1-13-8-10-15-16(13)12-14(18(22-21)19(23)24-5)9-11-17(15)25-26(6,7)20(2,3)4/h14-17H,1,8-12H2,2-7H3/t14-,15+,16-,17+/m0/s1. The molecule has 2 fully saturated rings. The number of rotatable bonds is 4. The number of nitrogens with zero attached hydrogens (tertiary/aromatic N) is 2. The van der Waals surface area contributed by atoms with Crippen molar-refractivity contribution in [3.05, 3.63) is 17.7 Å². The first-order valence-corrected chi connectivity index (χ1v) is 12.6. The number of allylic oxidation sites excluding steroid dienone is 1. The Morgan fingerprint density at radius 3 is 2.46 bits per heavy atom. The van der Waals surface area contributed by atoms with Gasteiger partial charge in [0.15, 0.2) is 8.32 Å². The largest absolute Gasteiger partial charge is 0.460 e. The molecule has 2 saturated carbocycles. The molecule has 0 unspecified atom stereocenters. The fraction of sp³-hybridized carbons (Fsp3) is 0.800. The van der Waals surface area contributed by atoms with E-state index >= 15 is 0 Å². The first kappa shape index (κ1) is 21.1. The highest BCUT2D eigenvalue weighted by Crippen LogP contribution is 2.48. The minimum absolute atomic E-state index is 0.109. The lowest BCUT2D eigenvalue weighted by Gasteiger charge is -2.41. The molecule has 6 heteroatoms. The zero-order chi connectivity index (χ0) is 19.7. The van der Waals surface area contributed by atoms with Crippen LogP contribution in [0.3, 0.4) is 0 Å². The van der Waals surface area contributed by atoms with Gasteiger partial charge in [-0.15, -0.1) is 0 Å². The number of carbonyl (C=O) groups excluding carboxylic acids is 1. The molecule has 0 spiro atoms. The highest BCUT2D eigenvalue weighted by atomic mass is 28.4. The van der Waals surface area contributed by atoms with Crippen molar-refractivity contribution in [2.24, 2.45) is 17.8 Å². The molecule has 0 aromatic carbocycles. The Balaban J connectivity index is 2.28. The van der Waals surface area contributed by atoms with Crippen molar-refractivity contribution >= 4 is 20.0 Å². The third-order valence-corrected chi connectivity index (χ3v) is 11.3. The van der Waals surface area contributed by atoms with Gasteiger partial charge in [0.1, 0.15) is 0 Å². The molecule has 0 bridgehead atoms. The highest BCUT2D eigenvalue weighted by molar-refractivity contribution is 6.74. The Kier molecular flexibility index (Phi) is 6.31. The van der Waals surface area contributed by atoms with E-state index in [1.54, 1.807) is 0 Å². The molecule has 146 valence electrons. The number of ether oxygens (including phenoxy) is 1. The number of methoxy groups -OCH3 is 1. The van der Waals surface area contributed by atoms with Gasteiger partial charge in [-0.05, 0) is 62.1 Å². The summed E-state index contributed by atoms with van der Waals surface area (Å²) in [4.78, 5) is 15.3. The van der Waals surface area contributed by atoms with Crippen molar-refractivity contribution in [3.8, 4) is 0 Å². The average Bonchev–Trinajstić information content (AvgIpc) is 2.81. The molecule has 0 heterocycles. The van der Waals surface area contributed by atoms with E-state index in [4.69, 9.17) is 9.16 Å². The van der Waals surface area contributed by atoms with Crippen LogP contribution in [0, 0.1) is 17.8 Å². The number of esters is 1. The summed E-state index contributed by atoms with van der Waals surface area (Å²) in [7, 11) is -0.559. The summed E-state index contributed by atoms with van der Waals surface area (Å²) in [5.41, 5.74) is 10.8. The van der Waals surface area contributed by atoms with Gasteiger partial charge in [0.05, 0.1) is 13.0 Å². The van der Waals surface area contributed by atoms with E-state index in [-0.39, 0.29) is 22.8 Å². The monoisotopic (exact) mass is 378 g/mol. The Morgan fingerprint density at radius 2 is 1.92 bits per heavy atom. The first-order valence-electron chi connectivity index (χ1n) is 9.67. The van der Waals surface area contributed by atoms with E-state index in [0.717, 1.165) is 32.1 Å². The quantitative estimate of drug-likeness (QED) is 0.179. The summed E-state index contributed by atoms with van der Waals surface area (Å²) >= 11 is 0. The molecule has 5 nitrogen and oxygen atoms in total. The summed E-state index contributed by atoms with van der Waals surface area (Å²) in [6.07, 6.45) is 4.73. The van der Waals surface area contributed by atoms with E-state index in [9.17, 15) is 10.3 Å². The van der Waals surface area contributed by atoms with E-state index in [0.29, 0.717) is 11.8 Å². The lowest BCUT2D eigenvalue weighted by Crippen LogP contribution is -2.46. The van der Waals surface area contributed by atoms with Crippen molar-refractivity contribution in [2.45, 2.75) is 77.1 Å². The Morgan fingerprint density at radius 1 is 1.27 bits per heavy atom. The van der Waals surface area contributed by atoms with Gasteiger partial charge in [0, 0.05) is 6.10 Å². The molecule has 0 aliphatic heterocycles. The molecule has 0 amide bonds. The van der Waals surface area contributed by atoms with Gasteiger partial charge in [-0.1, -0.05) is 32.9 Å². The van der Waals surface area contributed by atoms with E-state index in [1.807, 2.05) is 0 Å². The van der Waals surface area contributed by atoms with Gasteiger partial charge in [0.25, 0.3) is 0 Å². The SMILES string of the molecule is C=C1CC[C@H]2[C@H](O[Si](C)(C)C(C)(C)C)CC[C@H](C(=[N+]=[N-])C(=O)OC)C[C@@H]12. The molecular weight excluding hydrogens is 344 g/mol. The van der Waals surface area contributed by atoms with Crippen LogP contribution in [-0.4, -0.2) is 38.0 Å². The Hall–Kier alpha value is -1.23. The van der Waals surface area contributed by atoms with Gasteiger partial charge in [0.2, 0.25) is 0 Å². The minimum atomic E-state index is -1.88. The van der Waals surface area contributed by atoms with Crippen molar-refractivity contribution in [1.29, 1.82) is 0 Å². The Labute approximate surface area is 158 Å². The normalized spacial score (nSPS) is 29.5. The molecule has 0 saturated heterocycles. The maximum absolute atomic E-state index is 12.0. The fourth-order valence-corrected chi connectivity index (χ4v) is 5.58. The van der Waals surface area contributed by atoms with Crippen molar-refractivity contribution in [2.75, 3.05) is 7.11 Å². The maximum atomic E-state index is 12.0. The molecule has 2 aliphatic rings. The zero-order valence-corrected chi connectivity index (χ0v) is 18.2. The van der Waals surface area contributed by atoms with Crippen LogP contribution in [-0.2, 0) is 14.0 Å². The lowest BCUT2D eigenvalue weighted by atomic mass is 9.84. The number of carbonyl (C=O) groups is 1. The molecule has 0 aromatic rings. The second kappa shape index (κ2) is 7.79. The summed E-state index contributed by atoms with van der Waals surface area (Å²) in [5, 5.41) is 0.160. The molecule has 0 N–H and O–H groups in total. The van der Waals surface area contributed by atoms with Gasteiger partial charge in [-0.3, -0.25) is 0 Å². The van der Waals surface area contributed by atoms with Crippen LogP contribution in [0.5, 0.6) is 0 Å². The summed E-state index contributed by atoms with van der Waals surface area (Å²) < 4.78 is 11.6. The summed E-state index contributed by atoms with van der Waals surface area (Å²) in [5.74, 6) is 0.113. The predicted molar refractivity (Wildman–Crippen MR) is 105 cm³/mol. The second-order valence-electron chi connectivity index (χ2n) is 9.37. The van der Waals surface area contributed by atoms with Gasteiger partial charge < -0.3 is 14.7 Å². The predicted octanol–water partition coefficient (Wildman–Crippen LogP) is 4.60. The molecule has 2 rings (SSSR count). The van der Waals surface area contributed by atoms with E-state index in [1.165, 1.54) is 12.7 Å². The smallest absolute Gasteiger partial charge is 0.416 e. The second-order valence-corrected chi connectivity index (χ2v) is 14.1. The van der Waals surface area contributed by atoms with E-state index in [2.05, 4.69) is 45.2 Å². The van der Waals surface area contributed by atoms with Crippen LogP contribution >= 0.6 is 0 Å². The van der Waals surface area contributed by atoms with Crippen LogP contribution in [0.15, 0.2) is 12.2 Å². The van der Waals surface area contributed by atoms with Crippen LogP contribution in [0.4, 0.5) is 0 Å². The van der Waals surface area contributed by atoms with Gasteiger partial charge >= 0.3 is 11.7 Å². The lowest BCUT2D eigenvalue weighted by molar-refractivity contribution is -0.138. The van der Waals surface area contributed by atoms with Crippen LogP contribution in [0.25, 0.3) is 5.53 Å². The topological polar surface area (TPSA) is 71.9 Å². The minimum Gasteiger partial charge on any atom is -0.460 e. The highest BCUT2D eigenvalue weighted by Gasteiger charge is 2.48. The third-order valence-electron chi connectivity index (χ3n) is 6.80. The van der Waals surface area contributed by atoms with Gasteiger partial charge in [-0.25, -0.2) is 4.79 Å². The fourth-order valence-electron chi connectivity index (χ4n) is 4.18.